The van der Waals surface area contributed by atoms with Gasteiger partial charge in [-0.15, -0.1) is 0 Å². The predicted octanol–water partition coefficient (Wildman–Crippen LogP) is 2.93. The summed E-state index contributed by atoms with van der Waals surface area (Å²) < 4.78 is 26.7. The van der Waals surface area contributed by atoms with Crippen LogP contribution in [0.15, 0.2) is 18.2 Å². The van der Waals surface area contributed by atoms with Crippen LogP contribution in [0.4, 0.5) is 14.5 Å². The number of nitrogens with zero attached hydrogens (tertiary/aromatic N) is 1. The van der Waals surface area contributed by atoms with Crippen molar-refractivity contribution in [3.05, 3.63) is 29.8 Å². The van der Waals surface area contributed by atoms with E-state index in [0.717, 1.165) is 38.7 Å². The van der Waals surface area contributed by atoms with Gasteiger partial charge in [-0.2, -0.15) is 0 Å². The maximum atomic E-state index is 13.3. The second-order valence-corrected chi connectivity index (χ2v) is 5.90. The summed E-state index contributed by atoms with van der Waals surface area (Å²) in [6.07, 6.45) is 4.68. The number of piperidine rings is 2. The number of nitrogens with one attached hydrogen (secondary N) is 1. The zero-order valence-electron chi connectivity index (χ0n) is 11.1. The molecular formula is C15H20F2N2. The lowest BCUT2D eigenvalue weighted by Gasteiger charge is -2.46. The molecule has 0 aromatic heterocycles. The van der Waals surface area contributed by atoms with E-state index in [9.17, 15) is 8.78 Å². The lowest BCUT2D eigenvalue weighted by molar-refractivity contribution is 0.166. The Kier molecular flexibility index (Phi) is 3.44. The first kappa shape index (κ1) is 12.9. The molecule has 1 aromatic carbocycles. The molecule has 0 atom stereocenters. The summed E-state index contributed by atoms with van der Waals surface area (Å²) in [5.74, 6) is -0.972. The Morgan fingerprint density at radius 3 is 2.37 bits per heavy atom. The summed E-state index contributed by atoms with van der Waals surface area (Å²) in [6.45, 7) is 3.95. The second-order valence-electron chi connectivity index (χ2n) is 5.90. The Hall–Kier alpha value is -1.16. The van der Waals surface area contributed by atoms with Crippen molar-refractivity contribution in [2.24, 2.45) is 5.41 Å². The first-order valence-electron chi connectivity index (χ1n) is 7.09. The molecule has 1 spiro atoms. The molecule has 1 N–H and O–H groups in total. The van der Waals surface area contributed by atoms with Crippen LogP contribution in [0.1, 0.15) is 25.7 Å². The number of halogens is 2. The molecule has 2 aliphatic rings. The van der Waals surface area contributed by atoms with Crippen molar-refractivity contribution in [3.63, 3.8) is 0 Å². The largest absolute Gasteiger partial charge is 0.371 e. The van der Waals surface area contributed by atoms with Crippen LogP contribution in [-0.2, 0) is 0 Å². The smallest absolute Gasteiger partial charge is 0.128 e. The fourth-order valence-electron chi connectivity index (χ4n) is 3.52. The highest BCUT2D eigenvalue weighted by Gasteiger charge is 2.36. The summed E-state index contributed by atoms with van der Waals surface area (Å²) in [5, 5.41) is 3.39. The lowest BCUT2D eigenvalue weighted by atomic mass is 9.73. The van der Waals surface area contributed by atoms with E-state index in [1.165, 1.54) is 31.4 Å². The molecule has 3 rings (SSSR count). The van der Waals surface area contributed by atoms with Crippen molar-refractivity contribution in [2.45, 2.75) is 25.7 Å². The van der Waals surface area contributed by atoms with Crippen LogP contribution in [0.2, 0.25) is 0 Å². The SMILES string of the molecule is Fc1cc(F)cc(N2CCCC3(CCNCC3)C2)c1. The van der Waals surface area contributed by atoms with Gasteiger partial charge in [-0.25, -0.2) is 8.78 Å². The molecule has 0 radical (unpaired) electrons. The molecule has 0 saturated carbocycles. The fourth-order valence-corrected chi connectivity index (χ4v) is 3.52. The Balaban J connectivity index is 1.80. The number of rotatable bonds is 1. The molecular weight excluding hydrogens is 246 g/mol. The third-order valence-electron chi connectivity index (χ3n) is 4.54. The standard InChI is InChI=1S/C15H20F2N2/c16-12-8-13(17)10-14(9-12)19-7-1-2-15(11-19)3-5-18-6-4-15/h8-10,18H,1-7,11H2. The van der Waals surface area contributed by atoms with Crippen LogP contribution >= 0.6 is 0 Å². The summed E-state index contributed by atoms with van der Waals surface area (Å²) >= 11 is 0. The molecule has 0 aliphatic carbocycles. The third-order valence-corrected chi connectivity index (χ3v) is 4.54. The van der Waals surface area contributed by atoms with Crippen LogP contribution in [-0.4, -0.2) is 26.2 Å². The molecule has 0 unspecified atom stereocenters. The van der Waals surface area contributed by atoms with Gasteiger partial charge in [0.25, 0.3) is 0 Å². The average molecular weight is 266 g/mol. The van der Waals surface area contributed by atoms with E-state index in [-0.39, 0.29) is 0 Å². The predicted molar refractivity (Wildman–Crippen MR) is 72.3 cm³/mol. The van der Waals surface area contributed by atoms with E-state index in [2.05, 4.69) is 10.2 Å². The van der Waals surface area contributed by atoms with Gasteiger partial charge >= 0.3 is 0 Å². The molecule has 4 heteroatoms. The number of hydrogen-bond donors (Lipinski definition) is 1. The molecule has 0 amide bonds. The minimum Gasteiger partial charge on any atom is -0.371 e. The Bertz CT molecular complexity index is 430. The van der Waals surface area contributed by atoms with Gasteiger partial charge in [0.15, 0.2) is 0 Å². The van der Waals surface area contributed by atoms with Crippen molar-refractivity contribution >= 4 is 5.69 Å². The topological polar surface area (TPSA) is 15.3 Å². The average Bonchev–Trinajstić information content (AvgIpc) is 2.38. The molecule has 2 heterocycles. The van der Waals surface area contributed by atoms with Crippen LogP contribution in [0.25, 0.3) is 0 Å². The van der Waals surface area contributed by atoms with Crippen molar-refractivity contribution < 1.29 is 8.78 Å². The molecule has 104 valence electrons. The second kappa shape index (κ2) is 5.08. The number of anilines is 1. The van der Waals surface area contributed by atoms with Crippen LogP contribution in [0, 0.1) is 17.0 Å². The van der Waals surface area contributed by atoms with Gasteiger partial charge in [-0.1, -0.05) is 0 Å². The van der Waals surface area contributed by atoms with Gasteiger partial charge in [-0.05, 0) is 56.3 Å². The van der Waals surface area contributed by atoms with Crippen LogP contribution < -0.4 is 10.2 Å². The third kappa shape index (κ3) is 2.73. The molecule has 0 bridgehead atoms. The van der Waals surface area contributed by atoms with E-state index in [1.807, 2.05) is 0 Å². The summed E-state index contributed by atoms with van der Waals surface area (Å²) in [7, 11) is 0. The monoisotopic (exact) mass is 266 g/mol. The van der Waals surface area contributed by atoms with Crippen molar-refractivity contribution in [2.75, 3.05) is 31.1 Å². The Labute approximate surface area is 112 Å². The maximum Gasteiger partial charge on any atom is 0.128 e. The van der Waals surface area contributed by atoms with Gasteiger partial charge in [-0.3, -0.25) is 0 Å². The van der Waals surface area contributed by atoms with Crippen molar-refractivity contribution in [3.8, 4) is 0 Å². The van der Waals surface area contributed by atoms with E-state index in [4.69, 9.17) is 0 Å². The van der Waals surface area contributed by atoms with Gasteiger partial charge < -0.3 is 10.2 Å². The van der Waals surface area contributed by atoms with Crippen LogP contribution in [0.3, 0.4) is 0 Å². The van der Waals surface area contributed by atoms with E-state index in [1.54, 1.807) is 0 Å². The first-order valence-corrected chi connectivity index (χ1v) is 7.09. The molecule has 2 aliphatic heterocycles. The molecule has 2 nitrogen and oxygen atoms in total. The Morgan fingerprint density at radius 1 is 1.00 bits per heavy atom. The molecule has 19 heavy (non-hydrogen) atoms. The zero-order valence-corrected chi connectivity index (χ0v) is 11.1. The number of benzene rings is 1. The van der Waals surface area contributed by atoms with E-state index >= 15 is 0 Å². The molecule has 2 saturated heterocycles. The summed E-state index contributed by atoms with van der Waals surface area (Å²) in [6, 6.07) is 3.83. The summed E-state index contributed by atoms with van der Waals surface area (Å²) in [5.41, 5.74) is 1.03. The Morgan fingerprint density at radius 2 is 1.68 bits per heavy atom. The van der Waals surface area contributed by atoms with Gasteiger partial charge in [0, 0.05) is 24.8 Å². The minimum absolute atomic E-state index is 0.340. The van der Waals surface area contributed by atoms with E-state index < -0.39 is 11.6 Å². The lowest BCUT2D eigenvalue weighted by Crippen LogP contribution is -2.48. The van der Waals surface area contributed by atoms with Crippen molar-refractivity contribution in [1.29, 1.82) is 0 Å². The van der Waals surface area contributed by atoms with Crippen molar-refractivity contribution in [1.82, 2.24) is 5.32 Å². The molecule has 1 aromatic rings. The van der Waals surface area contributed by atoms with Gasteiger partial charge in [0.2, 0.25) is 0 Å². The summed E-state index contributed by atoms with van der Waals surface area (Å²) in [4.78, 5) is 2.15. The first-order chi connectivity index (χ1) is 9.17. The highest BCUT2D eigenvalue weighted by Crippen LogP contribution is 2.39. The number of hydrogen-bond acceptors (Lipinski definition) is 2. The normalized spacial score (nSPS) is 22.7. The zero-order chi connectivity index (χ0) is 13.3. The van der Waals surface area contributed by atoms with Gasteiger partial charge in [0.05, 0.1) is 0 Å². The fraction of sp³-hybridized carbons (Fsp3) is 0.600. The highest BCUT2D eigenvalue weighted by atomic mass is 19.1. The van der Waals surface area contributed by atoms with E-state index in [0.29, 0.717) is 11.1 Å². The van der Waals surface area contributed by atoms with Gasteiger partial charge in [0.1, 0.15) is 11.6 Å². The quantitative estimate of drug-likeness (QED) is 0.840. The minimum atomic E-state index is -0.486. The van der Waals surface area contributed by atoms with Crippen LogP contribution in [0.5, 0.6) is 0 Å². The highest BCUT2D eigenvalue weighted by molar-refractivity contribution is 5.47. The molecule has 2 fully saturated rings. The maximum absolute atomic E-state index is 13.3.